The number of carbonyl (C=O) groups excluding carboxylic acids is 2. The summed E-state index contributed by atoms with van der Waals surface area (Å²) in [5, 5.41) is 2.52. The van der Waals surface area contributed by atoms with Crippen LogP contribution in [0.1, 0.15) is 22.8 Å². The first kappa shape index (κ1) is 19.3. The lowest BCUT2D eigenvalue weighted by molar-refractivity contribution is -0.137. The quantitative estimate of drug-likeness (QED) is 0.787. The van der Waals surface area contributed by atoms with Gasteiger partial charge in [0.05, 0.1) is 23.4 Å². The Bertz CT molecular complexity index is 790. The van der Waals surface area contributed by atoms with Gasteiger partial charge < -0.3 is 14.8 Å². The topological polar surface area (TPSA) is 64.6 Å². The van der Waals surface area contributed by atoms with Crippen molar-refractivity contribution in [2.75, 3.05) is 18.5 Å². The first-order chi connectivity index (χ1) is 12.3. The fourth-order valence-corrected chi connectivity index (χ4v) is 2.07. The molecule has 0 unspecified atom stereocenters. The highest BCUT2D eigenvalue weighted by Gasteiger charge is 2.31. The van der Waals surface area contributed by atoms with Crippen LogP contribution in [0.15, 0.2) is 48.5 Å². The molecule has 0 fully saturated rings. The lowest BCUT2D eigenvalue weighted by Crippen LogP contribution is -2.21. The number of hydrogen-bond donors (Lipinski definition) is 1. The van der Waals surface area contributed by atoms with Crippen molar-refractivity contribution >= 4 is 17.6 Å². The number of hydrogen-bond acceptors (Lipinski definition) is 4. The molecule has 5 nitrogen and oxygen atoms in total. The van der Waals surface area contributed by atoms with E-state index in [2.05, 4.69) is 5.32 Å². The normalized spacial score (nSPS) is 10.9. The van der Waals surface area contributed by atoms with E-state index < -0.39 is 30.2 Å². The maximum absolute atomic E-state index is 12.7. The molecule has 0 spiro atoms. The van der Waals surface area contributed by atoms with Crippen LogP contribution in [-0.2, 0) is 15.7 Å². The van der Waals surface area contributed by atoms with Gasteiger partial charge in [-0.05, 0) is 37.3 Å². The zero-order chi connectivity index (χ0) is 19.2. The van der Waals surface area contributed by atoms with Crippen molar-refractivity contribution in [3.05, 3.63) is 59.7 Å². The number of ether oxygens (including phenoxy) is 2. The van der Waals surface area contributed by atoms with Gasteiger partial charge >= 0.3 is 12.1 Å². The molecule has 138 valence electrons. The van der Waals surface area contributed by atoms with Gasteiger partial charge in [0, 0.05) is 0 Å². The fourth-order valence-electron chi connectivity index (χ4n) is 2.07. The summed E-state index contributed by atoms with van der Waals surface area (Å²) in [7, 11) is 0. The van der Waals surface area contributed by atoms with Crippen molar-refractivity contribution in [1.29, 1.82) is 0 Å². The molecule has 26 heavy (non-hydrogen) atoms. The van der Waals surface area contributed by atoms with E-state index >= 15 is 0 Å². The molecule has 0 aromatic heterocycles. The fraction of sp³-hybridized carbons (Fsp3) is 0.222. The minimum absolute atomic E-state index is 0.289. The van der Waals surface area contributed by atoms with E-state index in [-0.39, 0.29) is 5.56 Å². The number of nitrogens with one attached hydrogen (secondary N) is 1. The van der Waals surface area contributed by atoms with Crippen molar-refractivity contribution in [2.45, 2.75) is 13.1 Å². The number of amides is 1. The zero-order valence-corrected chi connectivity index (χ0v) is 13.8. The van der Waals surface area contributed by atoms with Crippen molar-refractivity contribution in [2.24, 2.45) is 0 Å². The molecule has 1 N–H and O–H groups in total. The Kier molecular flexibility index (Phi) is 6.21. The summed E-state index contributed by atoms with van der Waals surface area (Å²) in [6.07, 6.45) is -4.57. The molecule has 0 atom stereocenters. The number of halogens is 3. The Hall–Kier alpha value is -3.03. The molecule has 2 rings (SSSR count). The summed E-state index contributed by atoms with van der Waals surface area (Å²) >= 11 is 0. The summed E-state index contributed by atoms with van der Waals surface area (Å²) in [6, 6.07) is 10.5. The van der Waals surface area contributed by atoms with Crippen LogP contribution in [0.3, 0.4) is 0 Å². The summed E-state index contributed by atoms with van der Waals surface area (Å²) in [5.74, 6) is -1.21. The average Bonchev–Trinajstić information content (AvgIpc) is 2.61. The van der Waals surface area contributed by atoms with E-state index in [0.29, 0.717) is 24.1 Å². The van der Waals surface area contributed by atoms with E-state index in [1.165, 1.54) is 6.07 Å². The predicted molar refractivity (Wildman–Crippen MR) is 88.0 cm³/mol. The molecule has 8 heteroatoms. The zero-order valence-electron chi connectivity index (χ0n) is 13.8. The number of para-hydroxylation sites is 2. The van der Waals surface area contributed by atoms with Gasteiger partial charge in [-0.25, -0.2) is 4.79 Å². The van der Waals surface area contributed by atoms with Gasteiger partial charge in [0.25, 0.3) is 5.91 Å². The van der Waals surface area contributed by atoms with Gasteiger partial charge in [0.1, 0.15) is 5.75 Å². The SMILES string of the molecule is CCOc1ccccc1NC(=O)COC(=O)c1cccc(C(F)(F)F)c1. The number of esters is 1. The van der Waals surface area contributed by atoms with Crippen LogP contribution in [0.4, 0.5) is 18.9 Å². The number of rotatable bonds is 6. The first-order valence-electron chi connectivity index (χ1n) is 7.67. The highest BCUT2D eigenvalue weighted by atomic mass is 19.4. The van der Waals surface area contributed by atoms with Gasteiger partial charge in [-0.3, -0.25) is 4.79 Å². The monoisotopic (exact) mass is 367 g/mol. The minimum Gasteiger partial charge on any atom is -0.492 e. The van der Waals surface area contributed by atoms with E-state index in [1.807, 2.05) is 0 Å². The number of benzene rings is 2. The molecule has 0 radical (unpaired) electrons. The number of anilines is 1. The lowest BCUT2D eigenvalue weighted by Gasteiger charge is -2.12. The van der Waals surface area contributed by atoms with Crippen LogP contribution in [-0.4, -0.2) is 25.1 Å². The van der Waals surface area contributed by atoms with E-state index in [1.54, 1.807) is 31.2 Å². The molecular formula is C18H16F3NO4. The summed E-state index contributed by atoms with van der Waals surface area (Å²) in [5.41, 5.74) is -0.862. The molecule has 2 aromatic carbocycles. The third-order valence-corrected chi connectivity index (χ3v) is 3.22. The molecule has 0 saturated heterocycles. The second-order valence-electron chi connectivity index (χ2n) is 5.13. The van der Waals surface area contributed by atoms with E-state index in [0.717, 1.165) is 12.1 Å². The Morgan fingerprint density at radius 1 is 1.08 bits per heavy atom. The van der Waals surface area contributed by atoms with Crippen molar-refractivity contribution in [3.63, 3.8) is 0 Å². The van der Waals surface area contributed by atoms with Gasteiger partial charge in [0.2, 0.25) is 0 Å². The molecule has 0 bridgehead atoms. The second-order valence-corrected chi connectivity index (χ2v) is 5.13. The van der Waals surface area contributed by atoms with Crippen LogP contribution < -0.4 is 10.1 Å². The van der Waals surface area contributed by atoms with Gasteiger partial charge in [-0.2, -0.15) is 13.2 Å². The van der Waals surface area contributed by atoms with E-state index in [9.17, 15) is 22.8 Å². The number of alkyl halides is 3. The maximum atomic E-state index is 12.7. The Balaban J connectivity index is 1.96. The summed E-state index contributed by atoms with van der Waals surface area (Å²) in [4.78, 5) is 23.8. The highest BCUT2D eigenvalue weighted by Crippen LogP contribution is 2.29. The highest BCUT2D eigenvalue weighted by molar-refractivity contribution is 5.96. The smallest absolute Gasteiger partial charge is 0.416 e. The lowest BCUT2D eigenvalue weighted by atomic mass is 10.1. The summed E-state index contributed by atoms with van der Waals surface area (Å²) in [6.45, 7) is 1.54. The average molecular weight is 367 g/mol. The molecule has 0 aliphatic heterocycles. The molecule has 2 aromatic rings. The first-order valence-corrected chi connectivity index (χ1v) is 7.67. The second kappa shape index (κ2) is 8.37. The van der Waals surface area contributed by atoms with Crippen molar-refractivity contribution in [3.8, 4) is 5.75 Å². The molecule has 0 saturated carbocycles. The van der Waals surface area contributed by atoms with Gasteiger partial charge in [0.15, 0.2) is 6.61 Å². The van der Waals surface area contributed by atoms with Gasteiger partial charge in [-0.15, -0.1) is 0 Å². The van der Waals surface area contributed by atoms with Gasteiger partial charge in [-0.1, -0.05) is 18.2 Å². The standard InChI is InChI=1S/C18H16F3NO4/c1-2-25-15-9-4-3-8-14(15)22-16(23)11-26-17(24)12-6-5-7-13(10-12)18(19,20)21/h3-10H,2,11H2,1H3,(H,22,23). The largest absolute Gasteiger partial charge is 0.492 e. The number of carbonyl (C=O) groups is 2. The summed E-state index contributed by atoms with van der Waals surface area (Å²) < 4.78 is 48.1. The van der Waals surface area contributed by atoms with Crippen LogP contribution >= 0.6 is 0 Å². The predicted octanol–water partition coefficient (Wildman–Crippen LogP) is 3.90. The molecule has 0 heterocycles. The Morgan fingerprint density at radius 2 is 1.81 bits per heavy atom. The van der Waals surface area contributed by atoms with Crippen LogP contribution in [0.5, 0.6) is 5.75 Å². The maximum Gasteiger partial charge on any atom is 0.416 e. The third kappa shape index (κ3) is 5.23. The van der Waals surface area contributed by atoms with Crippen LogP contribution in [0.25, 0.3) is 0 Å². The van der Waals surface area contributed by atoms with Crippen molar-refractivity contribution in [1.82, 2.24) is 0 Å². The van der Waals surface area contributed by atoms with E-state index in [4.69, 9.17) is 9.47 Å². The minimum atomic E-state index is -4.57. The Labute approximate surface area is 147 Å². The van der Waals surface area contributed by atoms with Crippen LogP contribution in [0, 0.1) is 0 Å². The van der Waals surface area contributed by atoms with Crippen molar-refractivity contribution < 1.29 is 32.2 Å². The molecular weight excluding hydrogens is 351 g/mol. The third-order valence-electron chi connectivity index (χ3n) is 3.22. The molecule has 0 aliphatic rings. The molecule has 0 aliphatic carbocycles. The Morgan fingerprint density at radius 3 is 2.50 bits per heavy atom. The molecule has 1 amide bonds. The van der Waals surface area contributed by atoms with Crippen LogP contribution in [0.2, 0.25) is 0 Å².